The Bertz CT molecular complexity index is 941. The number of morpholine rings is 1. The third-order valence-corrected chi connectivity index (χ3v) is 5.50. The van der Waals surface area contributed by atoms with Crippen LogP contribution in [0.2, 0.25) is 0 Å². The van der Waals surface area contributed by atoms with Crippen molar-refractivity contribution in [1.82, 2.24) is 10.3 Å². The summed E-state index contributed by atoms with van der Waals surface area (Å²) in [5.41, 5.74) is 3.58. The molecule has 0 atom stereocenters. The second-order valence-corrected chi connectivity index (χ2v) is 7.30. The molecule has 3 aromatic rings. The minimum atomic E-state index is -0.211. The number of furan rings is 1. The van der Waals surface area contributed by atoms with Crippen LogP contribution in [-0.4, -0.2) is 37.2 Å². The van der Waals surface area contributed by atoms with Crippen LogP contribution in [0.4, 0.5) is 5.13 Å². The van der Waals surface area contributed by atoms with Gasteiger partial charge in [0.15, 0.2) is 10.9 Å². The molecule has 0 unspecified atom stereocenters. The summed E-state index contributed by atoms with van der Waals surface area (Å²) in [5, 5.41) is 6.86. The van der Waals surface area contributed by atoms with E-state index in [1.807, 2.05) is 37.4 Å². The Morgan fingerprint density at radius 1 is 1.31 bits per heavy atom. The first kappa shape index (κ1) is 17.1. The molecule has 1 saturated heterocycles. The first-order valence-corrected chi connectivity index (χ1v) is 9.55. The molecule has 4 rings (SSSR count). The summed E-state index contributed by atoms with van der Waals surface area (Å²) < 4.78 is 11.1. The zero-order valence-electron chi connectivity index (χ0n) is 14.9. The van der Waals surface area contributed by atoms with Gasteiger partial charge in [0.1, 0.15) is 5.58 Å². The number of aryl methyl sites for hydroxylation is 2. The second kappa shape index (κ2) is 7.09. The number of fused-ring (bicyclic) bond motifs is 1. The molecule has 1 fully saturated rings. The smallest absolute Gasteiger partial charge is 0.287 e. The van der Waals surface area contributed by atoms with E-state index >= 15 is 0 Å². The average Bonchev–Trinajstić information content (AvgIpc) is 3.25. The minimum Gasteiger partial charge on any atom is -0.451 e. The van der Waals surface area contributed by atoms with E-state index in [-0.39, 0.29) is 5.91 Å². The highest BCUT2D eigenvalue weighted by atomic mass is 32.1. The fourth-order valence-corrected chi connectivity index (χ4v) is 3.96. The molecule has 1 N–H and O–H groups in total. The number of thiazole rings is 1. The quantitative estimate of drug-likeness (QED) is 0.762. The van der Waals surface area contributed by atoms with Gasteiger partial charge >= 0.3 is 0 Å². The topological polar surface area (TPSA) is 67.6 Å². The Kier molecular flexibility index (Phi) is 4.65. The van der Waals surface area contributed by atoms with E-state index in [0.717, 1.165) is 59.2 Å². The molecule has 2 aromatic heterocycles. The van der Waals surface area contributed by atoms with Crippen LogP contribution < -0.4 is 10.2 Å². The van der Waals surface area contributed by atoms with Crippen LogP contribution in [0.1, 0.15) is 27.4 Å². The number of hydrogen-bond acceptors (Lipinski definition) is 6. The number of amides is 1. The van der Waals surface area contributed by atoms with Crippen molar-refractivity contribution in [3.63, 3.8) is 0 Å². The largest absolute Gasteiger partial charge is 0.451 e. The fourth-order valence-electron chi connectivity index (χ4n) is 3.08. The second-order valence-electron chi connectivity index (χ2n) is 6.46. The number of nitrogens with zero attached hydrogens (tertiary/aromatic N) is 2. The van der Waals surface area contributed by atoms with Gasteiger partial charge in [0.05, 0.1) is 25.5 Å². The van der Waals surface area contributed by atoms with Crippen molar-refractivity contribution in [2.75, 3.05) is 31.2 Å². The molecule has 0 aliphatic carbocycles. The lowest BCUT2D eigenvalue weighted by atomic mass is 10.1. The van der Waals surface area contributed by atoms with Crippen LogP contribution in [0.15, 0.2) is 28.0 Å². The number of hydrogen-bond donors (Lipinski definition) is 1. The van der Waals surface area contributed by atoms with Crippen LogP contribution in [0.25, 0.3) is 11.0 Å². The maximum absolute atomic E-state index is 12.5. The third kappa shape index (κ3) is 3.32. The van der Waals surface area contributed by atoms with Crippen LogP contribution >= 0.6 is 11.3 Å². The summed E-state index contributed by atoms with van der Waals surface area (Å²) in [5.74, 6) is 0.159. The number of anilines is 1. The molecule has 3 heterocycles. The highest BCUT2D eigenvalue weighted by molar-refractivity contribution is 7.13. The molecular formula is C19H21N3O3S. The summed E-state index contributed by atoms with van der Waals surface area (Å²) in [7, 11) is 0. The van der Waals surface area contributed by atoms with Gasteiger partial charge in [-0.3, -0.25) is 4.79 Å². The highest BCUT2D eigenvalue weighted by Gasteiger charge is 2.19. The van der Waals surface area contributed by atoms with E-state index in [0.29, 0.717) is 12.3 Å². The van der Waals surface area contributed by atoms with E-state index in [1.54, 1.807) is 11.3 Å². The number of carbonyl (C=O) groups is 1. The molecule has 1 aliphatic rings. The number of rotatable bonds is 4. The van der Waals surface area contributed by atoms with Crippen molar-refractivity contribution in [3.8, 4) is 0 Å². The van der Waals surface area contributed by atoms with E-state index in [1.165, 1.54) is 0 Å². The van der Waals surface area contributed by atoms with Crippen LogP contribution in [0.3, 0.4) is 0 Å². The minimum absolute atomic E-state index is 0.211. The molecule has 136 valence electrons. The zero-order valence-corrected chi connectivity index (χ0v) is 15.7. The Morgan fingerprint density at radius 2 is 2.12 bits per heavy atom. The number of carbonyl (C=O) groups excluding carboxylic acids is 1. The van der Waals surface area contributed by atoms with E-state index in [9.17, 15) is 4.79 Å². The predicted molar refractivity (Wildman–Crippen MR) is 102 cm³/mol. The zero-order chi connectivity index (χ0) is 18.1. The van der Waals surface area contributed by atoms with Gasteiger partial charge in [0, 0.05) is 29.4 Å². The van der Waals surface area contributed by atoms with Crippen LogP contribution in [-0.2, 0) is 11.3 Å². The lowest BCUT2D eigenvalue weighted by Crippen LogP contribution is -2.36. The summed E-state index contributed by atoms with van der Waals surface area (Å²) in [6, 6.07) is 5.97. The van der Waals surface area contributed by atoms with Crippen molar-refractivity contribution in [2.45, 2.75) is 20.4 Å². The SMILES string of the molecule is Cc1ccc2c(C)c(C(=O)NCc3csc(N4CCOCC4)n3)oc2c1. The first-order valence-electron chi connectivity index (χ1n) is 8.67. The molecule has 6 nitrogen and oxygen atoms in total. The van der Waals surface area contributed by atoms with E-state index in [4.69, 9.17) is 9.15 Å². The first-order chi connectivity index (χ1) is 12.6. The molecule has 1 amide bonds. The van der Waals surface area contributed by atoms with Crippen molar-refractivity contribution in [2.24, 2.45) is 0 Å². The van der Waals surface area contributed by atoms with Crippen molar-refractivity contribution < 1.29 is 13.9 Å². The van der Waals surface area contributed by atoms with E-state index < -0.39 is 0 Å². The molecule has 0 radical (unpaired) electrons. The molecule has 0 bridgehead atoms. The molecule has 1 aliphatic heterocycles. The van der Waals surface area contributed by atoms with Gasteiger partial charge in [0.25, 0.3) is 5.91 Å². The third-order valence-electron chi connectivity index (χ3n) is 4.55. The summed E-state index contributed by atoms with van der Waals surface area (Å²) in [4.78, 5) is 19.4. The number of benzene rings is 1. The Morgan fingerprint density at radius 3 is 2.92 bits per heavy atom. The maximum atomic E-state index is 12.5. The molecule has 7 heteroatoms. The average molecular weight is 371 g/mol. The van der Waals surface area contributed by atoms with Crippen molar-refractivity contribution in [1.29, 1.82) is 0 Å². The lowest BCUT2D eigenvalue weighted by Gasteiger charge is -2.26. The van der Waals surface area contributed by atoms with Gasteiger partial charge in [0.2, 0.25) is 0 Å². The van der Waals surface area contributed by atoms with Gasteiger partial charge in [-0.1, -0.05) is 12.1 Å². The van der Waals surface area contributed by atoms with E-state index in [2.05, 4.69) is 15.2 Å². The lowest BCUT2D eigenvalue weighted by molar-refractivity contribution is 0.0924. The van der Waals surface area contributed by atoms with Gasteiger partial charge in [-0.2, -0.15) is 0 Å². The molecule has 0 saturated carbocycles. The Labute approximate surface area is 155 Å². The summed E-state index contributed by atoms with van der Waals surface area (Å²) >= 11 is 1.60. The van der Waals surface area contributed by atoms with Crippen molar-refractivity contribution in [3.05, 3.63) is 46.2 Å². The van der Waals surface area contributed by atoms with Gasteiger partial charge < -0.3 is 19.4 Å². The van der Waals surface area contributed by atoms with Gasteiger partial charge in [-0.25, -0.2) is 4.98 Å². The summed E-state index contributed by atoms with van der Waals surface area (Å²) in [6.07, 6.45) is 0. The normalized spacial score (nSPS) is 14.8. The van der Waals surface area contributed by atoms with Gasteiger partial charge in [-0.05, 0) is 25.5 Å². The fraction of sp³-hybridized carbons (Fsp3) is 0.368. The van der Waals surface area contributed by atoms with Crippen LogP contribution in [0, 0.1) is 13.8 Å². The maximum Gasteiger partial charge on any atom is 0.287 e. The van der Waals surface area contributed by atoms with Gasteiger partial charge in [-0.15, -0.1) is 11.3 Å². The monoisotopic (exact) mass is 371 g/mol. The molecule has 0 spiro atoms. The highest BCUT2D eigenvalue weighted by Crippen LogP contribution is 2.26. The number of ether oxygens (including phenoxy) is 1. The standard InChI is InChI=1S/C19H21N3O3S/c1-12-3-4-15-13(2)17(25-16(15)9-12)18(23)20-10-14-11-26-19(21-14)22-5-7-24-8-6-22/h3-4,9,11H,5-8,10H2,1-2H3,(H,20,23). The molecule has 26 heavy (non-hydrogen) atoms. The van der Waals surface area contributed by atoms with Crippen molar-refractivity contribution >= 4 is 33.3 Å². The summed E-state index contributed by atoms with van der Waals surface area (Å²) in [6.45, 7) is 7.48. The molecule has 1 aromatic carbocycles. The van der Waals surface area contributed by atoms with Crippen LogP contribution in [0.5, 0.6) is 0 Å². The number of aromatic nitrogens is 1. The predicted octanol–water partition coefficient (Wildman–Crippen LogP) is 3.27. The Hall–Kier alpha value is -2.38. The molecular weight excluding hydrogens is 350 g/mol. The Balaban J connectivity index is 1.44. The number of nitrogens with one attached hydrogen (secondary N) is 1.